The molecule has 3 rings (SSSR count). The van der Waals surface area contributed by atoms with Gasteiger partial charge in [-0.2, -0.15) is 0 Å². The molecule has 2 atom stereocenters. The van der Waals surface area contributed by atoms with Crippen molar-refractivity contribution in [2.45, 2.75) is 64.6 Å². The van der Waals surface area contributed by atoms with Crippen LogP contribution in [0.4, 0.5) is 0 Å². The topological polar surface area (TPSA) is 161 Å². The molecule has 0 aliphatic rings. The number of carbonyl (C=O) groups is 4. The molecule has 0 spiro atoms. The van der Waals surface area contributed by atoms with Crippen molar-refractivity contribution in [2.24, 2.45) is 0 Å². The Kier molecular flexibility index (Phi) is 23.7. The minimum Gasteiger partial charge on any atom is -0.491 e. The predicted octanol–water partition coefficient (Wildman–Crippen LogP) is 7.04. The third kappa shape index (κ3) is 22.3. The molecule has 0 amide bonds. The largest absolute Gasteiger partial charge is 0.491 e. The Hall–Kier alpha value is -5.86. The van der Waals surface area contributed by atoms with E-state index in [-0.39, 0.29) is 78.9 Å². The van der Waals surface area contributed by atoms with Gasteiger partial charge >= 0.3 is 23.9 Å². The van der Waals surface area contributed by atoms with Gasteiger partial charge in [-0.25, -0.2) is 9.59 Å². The monoisotopic (exact) mass is 834 g/mol. The third-order valence-electron chi connectivity index (χ3n) is 8.07. The molecule has 14 heteroatoms. The highest BCUT2D eigenvalue weighted by atomic mass is 16.6. The number of ether oxygens (including phenoxy) is 10. The number of hydrogen-bond acceptors (Lipinski definition) is 14. The Balaban J connectivity index is 1.37. The molecule has 0 bridgehead atoms. The van der Waals surface area contributed by atoms with Crippen molar-refractivity contribution in [1.29, 1.82) is 0 Å². The minimum absolute atomic E-state index is 0.0918. The Morgan fingerprint density at radius 2 is 0.867 bits per heavy atom. The standard InChI is InChI=1S/C46H58O14/c1-35(2)45(49)55-24-13-11-22-43(47)59-41(33-57-37-16-7-5-8-17-37)31-51-26-28-53-39-20-15-21-40(30-39)54-29-27-52-32-42(34-58-38-18-9-6-10-19-38)60-44(48)23-12-14-25-56-46(50)36(3)4/h5-10,15-21,30,41-42H,1,3,11-14,22-29,31-34H2,2,4H3. The minimum atomic E-state index is -0.659. The maximum Gasteiger partial charge on any atom is 0.333 e. The van der Waals surface area contributed by atoms with Crippen molar-refractivity contribution < 1.29 is 66.5 Å². The molecule has 14 nitrogen and oxygen atoms in total. The van der Waals surface area contributed by atoms with E-state index in [9.17, 15) is 19.2 Å². The Morgan fingerprint density at radius 3 is 1.27 bits per heavy atom. The van der Waals surface area contributed by atoms with Crippen molar-refractivity contribution in [3.05, 3.63) is 109 Å². The SMILES string of the molecule is C=C(C)C(=O)OCCCCC(=O)OC(COCCOc1cccc(OCCOCC(COc2ccccc2)OC(=O)CCCCOC(=O)C(=C)C)c1)COc1ccccc1. The number of para-hydroxylation sites is 2. The summed E-state index contributed by atoms with van der Waals surface area (Å²) >= 11 is 0. The lowest BCUT2D eigenvalue weighted by Crippen LogP contribution is -2.30. The van der Waals surface area contributed by atoms with Crippen molar-refractivity contribution in [3.63, 3.8) is 0 Å². The van der Waals surface area contributed by atoms with E-state index in [4.69, 9.17) is 47.4 Å². The van der Waals surface area contributed by atoms with Crippen LogP contribution in [0.1, 0.15) is 52.4 Å². The molecule has 0 N–H and O–H groups in total. The molecular formula is C46H58O14. The van der Waals surface area contributed by atoms with E-state index in [0.29, 0.717) is 59.8 Å². The molecule has 0 radical (unpaired) electrons. The van der Waals surface area contributed by atoms with E-state index in [1.165, 1.54) is 0 Å². The second kappa shape index (κ2) is 29.4. The predicted molar refractivity (Wildman–Crippen MR) is 222 cm³/mol. The molecule has 0 aliphatic heterocycles. The van der Waals surface area contributed by atoms with E-state index >= 15 is 0 Å². The molecule has 60 heavy (non-hydrogen) atoms. The quantitative estimate of drug-likeness (QED) is 0.0273. The van der Waals surface area contributed by atoms with Crippen LogP contribution in [0, 0.1) is 0 Å². The zero-order valence-electron chi connectivity index (χ0n) is 34.7. The van der Waals surface area contributed by atoms with Crippen LogP contribution in [0.15, 0.2) is 109 Å². The number of esters is 4. The highest BCUT2D eigenvalue weighted by molar-refractivity contribution is 5.87. The Bertz CT molecular complexity index is 1610. The number of carbonyl (C=O) groups excluding carboxylic acids is 4. The third-order valence-corrected chi connectivity index (χ3v) is 8.07. The molecule has 3 aromatic rings. The van der Waals surface area contributed by atoms with Gasteiger partial charge < -0.3 is 47.4 Å². The van der Waals surface area contributed by atoms with E-state index in [1.54, 1.807) is 38.1 Å². The lowest BCUT2D eigenvalue weighted by Gasteiger charge is -2.19. The van der Waals surface area contributed by atoms with Crippen molar-refractivity contribution in [1.82, 2.24) is 0 Å². The first-order valence-corrected chi connectivity index (χ1v) is 20.0. The highest BCUT2D eigenvalue weighted by Crippen LogP contribution is 2.20. The van der Waals surface area contributed by atoms with Gasteiger partial charge in [-0.05, 0) is 75.9 Å². The molecule has 0 fully saturated rings. The van der Waals surface area contributed by atoms with Gasteiger partial charge in [0, 0.05) is 30.1 Å². The first-order valence-electron chi connectivity index (χ1n) is 20.0. The number of rotatable bonds is 32. The molecule has 3 aromatic carbocycles. The van der Waals surface area contributed by atoms with Gasteiger partial charge in [-0.1, -0.05) is 55.6 Å². The lowest BCUT2D eigenvalue weighted by molar-refractivity contribution is -0.155. The molecule has 0 saturated carbocycles. The fourth-order valence-corrected chi connectivity index (χ4v) is 4.97. The molecule has 0 aliphatic carbocycles. The first-order chi connectivity index (χ1) is 29.1. The number of hydrogen-bond donors (Lipinski definition) is 0. The van der Waals surface area contributed by atoms with Gasteiger partial charge in [0.15, 0.2) is 12.2 Å². The van der Waals surface area contributed by atoms with E-state index in [1.807, 2.05) is 60.7 Å². The fourth-order valence-electron chi connectivity index (χ4n) is 4.97. The summed E-state index contributed by atoms with van der Waals surface area (Å²) in [6.07, 6.45) is 0.991. The van der Waals surface area contributed by atoms with Gasteiger partial charge in [-0.15, -0.1) is 0 Å². The maximum absolute atomic E-state index is 12.6. The van der Waals surface area contributed by atoms with Gasteiger partial charge in [0.25, 0.3) is 0 Å². The van der Waals surface area contributed by atoms with Crippen molar-refractivity contribution in [2.75, 3.05) is 66.1 Å². The van der Waals surface area contributed by atoms with Gasteiger partial charge in [0.2, 0.25) is 0 Å². The van der Waals surface area contributed by atoms with E-state index in [0.717, 1.165) is 0 Å². The molecule has 2 unspecified atom stereocenters. The summed E-state index contributed by atoms with van der Waals surface area (Å²) in [5.41, 5.74) is 0.647. The van der Waals surface area contributed by atoms with Crippen LogP contribution >= 0.6 is 0 Å². The summed E-state index contributed by atoms with van der Waals surface area (Å²) in [6.45, 7) is 11.9. The molecule has 326 valence electrons. The van der Waals surface area contributed by atoms with Crippen LogP contribution in [-0.2, 0) is 47.6 Å². The second-order valence-electron chi connectivity index (χ2n) is 13.5. The van der Waals surface area contributed by atoms with Crippen LogP contribution < -0.4 is 18.9 Å². The average Bonchev–Trinajstić information content (AvgIpc) is 3.24. The van der Waals surface area contributed by atoms with Gasteiger partial charge in [0.05, 0.1) is 39.6 Å². The summed E-state index contributed by atoms with van der Waals surface area (Å²) in [6, 6.07) is 25.5. The normalized spacial score (nSPS) is 11.6. The summed E-state index contributed by atoms with van der Waals surface area (Å²) in [5.74, 6) is 0.684. The van der Waals surface area contributed by atoms with Crippen LogP contribution in [0.25, 0.3) is 0 Å². The van der Waals surface area contributed by atoms with Crippen LogP contribution in [-0.4, -0.2) is 102 Å². The summed E-state index contributed by atoms with van der Waals surface area (Å²) in [7, 11) is 0. The van der Waals surface area contributed by atoms with Gasteiger partial charge in [0.1, 0.15) is 49.4 Å². The van der Waals surface area contributed by atoms with E-state index < -0.39 is 36.1 Å². The first kappa shape index (κ1) is 48.5. The average molecular weight is 835 g/mol. The summed E-state index contributed by atoms with van der Waals surface area (Å²) in [4.78, 5) is 48.2. The molecule has 0 saturated heterocycles. The fraction of sp³-hybridized carbons (Fsp3) is 0.435. The zero-order chi connectivity index (χ0) is 43.2. The number of benzene rings is 3. The molecule has 0 heterocycles. The maximum atomic E-state index is 12.6. The van der Waals surface area contributed by atoms with Crippen molar-refractivity contribution in [3.8, 4) is 23.0 Å². The highest BCUT2D eigenvalue weighted by Gasteiger charge is 2.18. The van der Waals surface area contributed by atoms with Crippen LogP contribution in [0.5, 0.6) is 23.0 Å². The Labute approximate surface area is 352 Å². The molecule has 0 aromatic heterocycles. The Morgan fingerprint density at radius 1 is 0.467 bits per heavy atom. The number of unbranched alkanes of at least 4 members (excludes halogenated alkanes) is 2. The summed E-state index contributed by atoms with van der Waals surface area (Å²) < 4.78 is 56.4. The van der Waals surface area contributed by atoms with Crippen LogP contribution in [0.3, 0.4) is 0 Å². The zero-order valence-corrected chi connectivity index (χ0v) is 34.7. The smallest absolute Gasteiger partial charge is 0.333 e. The van der Waals surface area contributed by atoms with Gasteiger partial charge in [-0.3, -0.25) is 9.59 Å². The summed E-state index contributed by atoms with van der Waals surface area (Å²) in [5, 5.41) is 0. The van der Waals surface area contributed by atoms with E-state index in [2.05, 4.69) is 13.2 Å². The van der Waals surface area contributed by atoms with Crippen molar-refractivity contribution >= 4 is 23.9 Å². The molecular weight excluding hydrogens is 776 g/mol. The lowest BCUT2D eigenvalue weighted by atomic mass is 10.2. The van der Waals surface area contributed by atoms with Crippen LogP contribution in [0.2, 0.25) is 0 Å². The second-order valence-corrected chi connectivity index (χ2v) is 13.5.